The highest BCUT2D eigenvalue weighted by Crippen LogP contribution is 2.29. The average molecular weight is 323 g/mol. The minimum absolute atomic E-state index is 0.233. The van der Waals surface area contributed by atoms with Gasteiger partial charge in [0.2, 0.25) is 0 Å². The summed E-state index contributed by atoms with van der Waals surface area (Å²) in [6.07, 6.45) is 2.39. The number of carbonyl (C=O) groups is 1. The van der Waals surface area contributed by atoms with Gasteiger partial charge < -0.3 is 14.6 Å². The number of rotatable bonds is 6. The second-order valence-corrected chi connectivity index (χ2v) is 5.10. The highest BCUT2D eigenvalue weighted by atomic mass is 16.5. The van der Waals surface area contributed by atoms with Crippen molar-refractivity contribution in [3.63, 3.8) is 0 Å². The maximum atomic E-state index is 12.1. The van der Waals surface area contributed by atoms with Crippen molar-refractivity contribution in [2.45, 2.75) is 6.42 Å². The van der Waals surface area contributed by atoms with Gasteiger partial charge in [-0.25, -0.2) is 0 Å². The maximum absolute atomic E-state index is 12.1. The number of methoxy groups -OCH3 is 1. The lowest BCUT2D eigenvalue weighted by atomic mass is 10.1. The molecule has 0 aliphatic heterocycles. The maximum Gasteiger partial charge on any atom is 0.273 e. The molecule has 0 atom stereocenters. The monoisotopic (exact) mass is 323 g/mol. The fraction of sp³-hybridized carbons (Fsp3) is 0.167. The number of hydrogen-bond acceptors (Lipinski definition) is 5. The van der Waals surface area contributed by atoms with Gasteiger partial charge in [0.05, 0.1) is 12.7 Å². The van der Waals surface area contributed by atoms with Crippen LogP contribution in [0.2, 0.25) is 0 Å². The predicted octanol–water partition coefficient (Wildman–Crippen LogP) is 2.72. The molecule has 24 heavy (non-hydrogen) atoms. The van der Waals surface area contributed by atoms with Gasteiger partial charge in [0.1, 0.15) is 5.75 Å². The molecular formula is C18H17N3O3. The second-order valence-electron chi connectivity index (χ2n) is 5.10. The van der Waals surface area contributed by atoms with Crippen LogP contribution in [0.3, 0.4) is 0 Å². The molecule has 0 spiro atoms. The summed E-state index contributed by atoms with van der Waals surface area (Å²) in [7, 11) is 1.58. The number of pyridine rings is 1. The van der Waals surface area contributed by atoms with Gasteiger partial charge in [-0.2, -0.15) is 0 Å². The van der Waals surface area contributed by atoms with E-state index in [1.165, 1.54) is 0 Å². The summed E-state index contributed by atoms with van der Waals surface area (Å²) in [4.78, 5) is 16.4. The van der Waals surface area contributed by atoms with Gasteiger partial charge in [-0.3, -0.25) is 9.78 Å². The van der Waals surface area contributed by atoms with Crippen molar-refractivity contribution < 1.29 is 14.1 Å². The third-order valence-electron chi connectivity index (χ3n) is 3.51. The fourth-order valence-electron chi connectivity index (χ4n) is 2.30. The number of amides is 1. The van der Waals surface area contributed by atoms with Crippen molar-refractivity contribution in [3.05, 3.63) is 66.1 Å². The molecule has 2 heterocycles. The number of benzene rings is 1. The van der Waals surface area contributed by atoms with Crippen molar-refractivity contribution in [1.82, 2.24) is 15.5 Å². The Morgan fingerprint density at radius 2 is 2.04 bits per heavy atom. The number of nitrogens with one attached hydrogen (secondary N) is 1. The fourth-order valence-corrected chi connectivity index (χ4v) is 2.30. The Morgan fingerprint density at radius 1 is 1.21 bits per heavy atom. The van der Waals surface area contributed by atoms with Crippen LogP contribution in [0.15, 0.2) is 59.3 Å². The summed E-state index contributed by atoms with van der Waals surface area (Å²) in [6, 6.07) is 14.7. The topological polar surface area (TPSA) is 77.2 Å². The van der Waals surface area contributed by atoms with Crippen LogP contribution in [0.5, 0.6) is 5.75 Å². The van der Waals surface area contributed by atoms with Crippen molar-refractivity contribution in [2.75, 3.05) is 13.7 Å². The van der Waals surface area contributed by atoms with Crippen LogP contribution in [-0.4, -0.2) is 29.7 Å². The summed E-state index contributed by atoms with van der Waals surface area (Å²) in [6.45, 7) is 0.479. The number of aromatic nitrogens is 2. The molecule has 6 nitrogen and oxygen atoms in total. The normalized spacial score (nSPS) is 10.4. The SMILES string of the molecule is COc1ccccc1-c1cc(C(=O)NCCc2ccccn2)no1. The zero-order chi connectivity index (χ0) is 16.8. The molecule has 122 valence electrons. The molecule has 1 aromatic carbocycles. The van der Waals surface area contributed by atoms with Crippen LogP contribution in [-0.2, 0) is 6.42 Å². The minimum atomic E-state index is -0.282. The van der Waals surface area contributed by atoms with Gasteiger partial charge >= 0.3 is 0 Å². The first-order valence-corrected chi connectivity index (χ1v) is 7.56. The highest BCUT2D eigenvalue weighted by molar-refractivity contribution is 5.93. The summed E-state index contributed by atoms with van der Waals surface area (Å²) in [5, 5.41) is 6.64. The van der Waals surface area contributed by atoms with Gasteiger partial charge in [-0.05, 0) is 24.3 Å². The van der Waals surface area contributed by atoms with E-state index >= 15 is 0 Å². The molecule has 2 aromatic heterocycles. The number of carbonyl (C=O) groups excluding carboxylic acids is 1. The number of para-hydroxylation sites is 1. The standard InChI is InChI=1S/C18H17N3O3/c1-23-16-8-3-2-7-14(16)17-12-15(21-24-17)18(22)20-11-9-13-6-4-5-10-19-13/h2-8,10,12H,9,11H2,1H3,(H,20,22). The third kappa shape index (κ3) is 3.60. The third-order valence-corrected chi connectivity index (χ3v) is 3.51. The smallest absolute Gasteiger partial charge is 0.273 e. The van der Waals surface area contributed by atoms with E-state index in [-0.39, 0.29) is 11.6 Å². The first-order valence-electron chi connectivity index (χ1n) is 7.56. The van der Waals surface area contributed by atoms with Crippen LogP contribution < -0.4 is 10.1 Å². The van der Waals surface area contributed by atoms with Gasteiger partial charge in [0.25, 0.3) is 5.91 Å². The van der Waals surface area contributed by atoms with Crippen molar-refractivity contribution >= 4 is 5.91 Å². The summed E-state index contributed by atoms with van der Waals surface area (Å²) in [5.41, 5.74) is 1.91. The Morgan fingerprint density at radius 3 is 2.83 bits per heavy atom. The molecule has 0 saturated carbocycles. The minimum Gasteiger partial charge on any atom is -0.496 e. The van der Waals surface area contributed by atoms with E-state index in [9.17, 15) is 4.79 Å². The van der Waals surface area contributed by atoms with Gasteiger partial charge in [-0.15, -0.1) is 0 Å². The molecular weight excluding hydrogens is 306 g/mol. The van der Waals surface area contributed by atoms with Crippen LogP contribution in [0.25, 0.3) is 11.3 Å². The summed E-state index contributed by atoms with van der Waals surface area (Å²) >= 11 is 0. The second kappa shape index (κ2) is 7.41. The summed E-state index contributed by atoms with van der Waals surface area (Å²) < 4.78 is 10.6. The summed E-state index contributed by atoms with van der Waals surface area (Å²) in [5.74, 6) is 0.869. The van der Waals surface area contributed by atoms with Crippen molar-refractivity contribution in [3.8, 4) is 17.1 Å². The van der Waals surface area contributed by atoms with E-state index in [0.29, 0.717) is 24.5 Å². The van der Waals surface area contributed by atoms with Crippen LogP contribution >= 0.6 is 0 Å². The Bertz CT molecular complexity index is 815. The van der Waals surface area contributed by atoms with Crippen molar-refractivity contribution in [2.24, 2.45) is 0 Å². The average Bonchev–Trinajstić information content (AvgIpc) is 3.12. The Balaban J connectivity index is 1.63. The molecule has 0 bridgehead atoms. The zero-order valence-corrected chi connectivity index (χ0v) is 13.2. The van der Waals surface area contributed by atoms with Crippen molar-refractivity contribution in [1.29, 1.82) is 0 Å². The molecule has 1 amide bonds. The van der Waals surface area contributed by atoms with E-state index < -0.39 is 0 Å². The molecule has 0 fully saturated rings. The Labute approximate surface area is 139 Å². The zero-order valence-electron chi connectivity index (χ0n) is 13.2. The molecule has 0 aliphatic carbocycles. The molecule has 0 radical (unpaired) electrons. The van der Waals surface area contributed by atoms with Gasteiger partial charge in [-0.1, -0.05) is 23.4 Å². The molecule has 1 N–H and O–H groups in total. The Kier molecular flexibility index (Phi) is 4.86. The molecule has 6 heteroatoms. The lowest BCUT2D eigenvalue weighted by molar-refractivity contribution is 0.0945. The lowest BCUT2D eigenvalue weighted by Gasteiger charge is -2.03. The van der Waals surface area contributed by atoms with Crippen LogP contribution in [0.1, 0.15) is 16.2 Å². The molecule has 3 aromatic rings. The largest absolute Gasteiger partial charge is 0.496 e. The lowest BCUT2D eigenvalue weighted by Crippen LogP contribution is -2.26. The van der Waals surface area contributed by atoms with Crippen LogP contribution in [0, 0.1) is 0 Å². The predicted molar refractivity (Wildman–Crippen MR) is 88.8 cm³/mol. The quantitative estimate of drug-likeness (QED) is 0.755. The van der Waals surface area contributed by atoms with E-state index in [1.54, 1.807) is 19.4 Å². The van der Waals surface area contributed by atoms with E-state index in [4.69, 9.17) is 9.26 Å². The van der Waals surface area contributed by atoms with Crippen LogP contribution in [0.4, 0.5) is 0 Å². The molecule has 0 unspecified atom stereocenters. The van der Waals surface area contributed by atoms with E-state index in [2.05, 4.69) is 15.5 Å². The Hall–Kier alpha value is -3.15. The molecule has 0 aliphatic rings. The van der Waals surface area contributed by atoms with E-state index in [0.717, 1.165) is 11.3 Å². The first-order chi connectivity index (χ1) is 11.8. The van der Waals surface area contributed by atoms with Gasteiger partial charge in [0, 0.05) is 30.9 Å². The highest BCUT2D eigenvalue weighted by Gasteiger charge is 2.15. The molecule has 3 rings (SSSR count). The first kappa shape index (κ1) is 15.7. The van der Waals surface area contributed by atoms with E-state index in [1.807, 2.05) is 42.5 Å². The van der Waals surface area contributed by atoms with Gasteiger partial charge in [0.15, 0.2) is 11.5 Å². The molecule has 0 saturated heterocycles. The number of ether oxygens (including phenoxy) is 1. The number of nitrogens with zero attached hydrogens (tertiary/aromatic N) is 2. The number of hydrogen-bond donors (Lipinski definition) is 1.